The quantitative estimate of drug-likeness (QED) is 0.328. The van der Waals surface area contributed by atoms with Crippen LogP contribution >= 0.6 is 15.9 Å². The molecule has 1 aromatic heterocycles. The minimum Gasteiger partial charge on any atom is -0.505 e. The van der Waals surface area contributed by atoms with Crippen LogP contribution in [-0.2, 0) is 14.6 Å². The summed E-state index contributed by atoms with van der Waals surface area (Å²) >= 11 is 3.27. The number of hydrogen-bond donors (Lipinski definition) is 1. The Kier molecular flexibility index (Phi) is 6.00. The number of esters is 1. The number of ether oxygens (including phenoxy) is 1. The third-order valence-electron chi connectivity index (χ3n) is 4.19. The maximum Gasteiger partial charge on any atom is 0.360 e. The van der Waals surface area contributed by atoms with Gasteiger partial charge in [0.2, 0.25) is 9.84 Å². The molecule has 0 unspecified atom stereocenters. The lowest BCUT2D eigenvalue weighted by molar-refractivity contribution is 0.0489. The molecular weight excluding hydrogens is 446 g/mol. The molecule has 0 amide bonds. The zero-order valence-electron chi connectivity index (χ0n) is 15.1. The predicted octanol–water partition coefficient (Wildman–Crippen LogP) is 4.49. The summed E-state index contributed by atoms with van der Waals surface area (Å²) in [6, 6.07) is 12.3. The molecule has 2 aromatic carbocycles. The number of rotatable bonds is 6. The lowest BCUT2D eigenvalue weighted by Gasteiger charge is -2.11. The topological polar surface area (TPSA) is 93.6 Å². The molecule has 0 fully saturated rings. The maximum absolute atomic E-state index is 12.9. The Balaban J connectivity index is 2.10. The Morgan fingerprint density at radius 1 is 1.11 bits per heavy atom. The molecule has 8 heteroatoms. The Hall–Kier alpha value is -2.45. The summed E-state index contributed by atoms with van der Waals surface area (Å²) in [7, 11) is -3.77. The van der Waals surface area contributed by atoms with E-state index >= 15 is 0 Å². The molecule has 3 rings (SSSR count). The number of sulfone groups is 1. The van der Waals surface area contributed by atoms with Crippen molar-refractivity contribution in [3.05, 3.63) is 58.8 Å². The molecular formula is C20H18BrNO5S. The molecule has 0 aliphatic heterocycles. The van der Waals surface area contributed by atoms with Crippen molar-refractivity contribution in [3.8, 4) is 5.75 Å². The number of carbonyl (C=O) groups excluding carboxylic acids is 1. The second kappa shape index (κ2) is 8.28. The van der Waals surface area contributed by atoms with Gasteiger partial charge in [-0.2, -0.15) is 0 Å². The number of aromatic nitrogens is 1. The van der Waals surface area contributed by atoms with Crippen LogP contribution in [0.5, 0.6) is 5.75 Å². The van der Waals surface area contributed by atoms with Crippen molar-refractivity contribution in [3.63, 3.8) is 0 Å². The van der Waals surface area contributed by atoms with Gasteiger partial charge in [-0.05, 0) is 46.6 Å². The summed E-state index contributed by atoms with van der Waals surface area (Å²) in [6.07, 6.45) is 1.55. The maximum atomic E-state index is 12.9. The van der Waals surface area contributed by atoms with Gasteiger partial charge in [0.05, 0.1) is 16.4 Å². The molecule has 28 heavy (non-hydrogen) atoms. The van der Waals surface area contributed by atoms with Crippen LogP contribution in [0.1, 0.15) is 30.3 Å². The smallest absolute Gasteiger partial charge is 0.360 e. The van der Waals surface area contributed by atoms with Gasteiger partial charge in [-0.15, -0.1) is 0 Å². The Labute approximate surface area is 171 Å². The Bertz CT molecular complexity index is 1130. The van der Waals surface area contributed by atoms with E-state index < -0.39 is 21.6 Å². The van der Waals surface area contributed by atoms with Crippen molar-refractivity contribution in [1.29, 1.82) is 0 Å². The van der Waals surface area contributed by atoms with E-state index in [1.165, 1.54) is 30.3 Å². The molecule has 3 aromatic rings. The number of aromatic hydroxyl groups is 1. The second-order valence-electron chi connectivity index (χ2n) is 6.11. The largest absolute Gasteiger partial charge is 0.505 e. The van der Waals surface area contributed by atoms with Crippen molar-refractivity contribution in [1.82, 2.24) is 4.98 Å². The van der Waals surface area contributed by atoms with Crippen molar-refractivity contribution in [2.45, 2.75) is 29.6 Å². The van der Waals surface area contributed by atoms with Crippen molar-refractivity contribution in [2.75, 3.05) is 6.61 Å². The van der Waals surface area contributed by atoms with E-state index in [9.17, 15) is 18.3 Å². The van der Waals surface area contributed by atoms with Gasteiger partial charge in [-0.25, -0.2) is 18.2 Å². The number of carbonyl (C=O) groups is 1. The molecule has 0 aliphatic rings. The SMILES string of the molecule is CCCCOC(=O)c1nc(Br)c2ccc(S(=O)(=O)c3ccccc3)cc2c1O. The Morgan fingerprint density at radius 2 is 1.82 bits per heavy atom. The molecule has 0 saturated heterocycles. The fraction of sp³-hybridized carbons (Fsp3) is 0.200. The molecule has 1 N–H and O–H groups in total. The summed E-state index contributed by atoms with van der Waals surface area (Å²) in [6.45, 7) is 2.18. The molecule has 6 nitrogen and oxygen atoms in total. The lowest BCUT2D eigenvalue weighted by Crippen LogP contribution is -2.09. The van der Waals surface area contributed by atoms with Gasteiger partial charge in [0.1, 0.15) is 4.60 Å². The van der Waals surface area contributed by atoms with Crippen molar-refractivity contribution < 1.29 is 23.1 Å². The normalized spacial score (nSPS) is 11.5. The minimum absolute atomic E-state index is 0.00454. The van der Waals surface area contributed by atoms with Gasteiger partial charge in [-0.1, -0.05) is 37.6 Å². The molecule has 0 bridgehead atoms. The first-order valence-electron chi connectivity index (χ1n) is 8.65. The van der Waals surface area contributed by atoms with Crippen LogP contribution in [0.4, 0.5) is 0 Å². The van der Waals surface area contributed by atoms with Crippen LogP contribution in [0.3, 0.4) is 0 Å². The van der Waals surface area contributed by atoms with Crippen LogP contribution in [0.25, 0.3) is 10.8 Å². The fourth-order valence-electron chi connectivity index (χ4n) is 2.66. The highest BCUT2D eigenvalue weighted by molar-refractivity contribution is 9.10. The highest BCUT2D eigenvalue weighted by Gasteiger charge is 2.23. The van der Waals surface area contributed by atoms with Crippen molar-refractivity contribution >= 4 is 42.5 Å². The number of unbranched alkanes of at least 4 members (excludes halogenated alkanes) is 1. The predicted molar refractivity (Wildman–Crippen MR) is 108 cm³/mol. The number of halogens is 1. The highest BCUT2D eigenvalue weighted by Crippen LogP contribution is 2.35. The molecule has 0 spiro atoms. The molecule has 0 atom stereocenters. The number of nitrogens with zero attached hydrogens (tertiary/aromatic N) is 1. The van der Waals surface area contributed by atoms with Crippen LogP contribution in [0.2, 0.25) is 0 Å². The van der Waals surface area contributed by atoms with E-state index in [-0.39, 0.29) is 27.5 Å². The van der Waals surface area contributed by atoms with Crippen LogP contribution in [0, 0.1) is 0 Å². The lowest BCUT2D eigenvalue weighted by atomic mass is 10.1. The van der Waals surface area contributed by atoms with Gasteiger partial charge in [0.25, 0.3) is 0 Å². The van der Waals surface area contributed by atoms with Gasteiger partial charge in [0.15, 0.2) is 11.4 Å². The van der Waals surface area contributed by atoms with Crippen LogP contribution < -0.4 is 0 Å². The standard InChI is InChI=1S/C20H18BrNO5S/c1-2-3-11-27-20(24)17-18(23)16-12-14(9-10-15(16)19(21)22-17)28(25,26)13-7-5-4-6-8-13/h4-10,12,23H,2-3,11H2,1H3. The zero-order chi connectivity index (χ0) is 20.3. The monoisotopic (exact) mass is 463 g/mol. The van der Waals surface area contributed by atoms with Gasteiger partial charge >= 0.3 is 5.97 Å². The number of benzene rings is 2. The first-order chi connectivity index (χ1) is 13.4. The summed E-state index contributed by atoms with van der Waals surface area (Å²) in [5.74, 6) is -1.17. The van der Waals surface area contributed by atoms with Crippen LogP contribution in [-0.4, -0.2) is 31.1 Å². The first kappa shape index (κ1) is 20.3. The Morgan fingerprint density at radius 3 is 2.50 bits per heavy atom. The van der Waals surface area contributed by atoms with E-state index in [0.717, 1.165) is 6.42 Å². The van der Waals surface area contributed by atoms with Gasteiger partial charge in [0, 0.05) is 10.8 Å². The highest BCUT2D eigenvalue weighted by atomic mass is 79.9. The summed E-state index contributed by atoms with van der Waals surface area (Å²) in [5, 5.41) is 11.3. The van der Waals surface area contributed by atoms with E-state index in [0.29, 0.717) is 16.4 Å². The molecule has 0 saturated carbocycles. The van der Waals surface area contributed by atoms with Gasteiger partial charge < -0.3 is 9.84 Å². The fourth-order valence-corrected chi connectivity index (χ4v) is 4.49. The van der Waals surface area contributed by atoms with E-state index in [1.807, 2.05) is 6.92 Å². The zero-order valence-corrected chi connectivity index (χ0v) is 17.5. The third-order valence-corrected chi connectivity index (χ3v) is 6.56. The summed E-state index contributed by atoms with van der Waals surface area (Å²) < 4.78 is 31.2. The van der Waals surface area contributed by atoms with E-state index in [2.05, 4.69) is 20.9 Å². The van der Waals surface area contributed by atoms with Crippen molar-refractivity contribution in [2.24, 2.45) is 0 Å². The molecule has 0 radical (unpaired) electrons. The number of pyridine rings is 1. The number of hydrogen-bond acceptors (Lipinski definition) is 6. The van der Waals surface area contributed by atoms with Crippen LogP contribution in [0.15, 0.2) is 62.9 Å². The summed E-state index contributed by atoms with van der Waals surface area (Å²) in [4.78, 5) is 16.5. The van der Waals surface area contributed by atoms with Gasteiger partial charge in [-0.3, -0.25) is 0 Å². The first-order valence-corrected chi connectivity index (χ1v) is 10.9. The number of fused-ring (bicyclic) bond motifs is 1. The third kappa shape index (κ3) is 3.88. The average Bonchev–Trinajstić information content (AvgIpc) is 2.71. The minimum atomic E-state index is -3.77. The average molecular weight is 464 g/mol. The summed E-state index contributed by atoms with van der Waals surface area (Å²) in [5.41, 5.74) is -0.260. The second-order valence-corrected chi connectivity index (χ2v) is 8.81. The molecule has 1 heterocycles. The molecule has 146 valence electrons. The molecule has 0 aliphatic carbocycles. The van der Waals surface area contributed by atoms with E-state index in [1.54, 1.807) is 18.2 Å². The van der Waals surface area contributed by atoms with E-state index in [4.69, 9.17) is 4.74 Å².